The Labute approximate surface area is 136 Å². The minimum Gasteiger partial charge on any atom is -0.462 e. The van der Waals surface area contributed by atoms with Gasteiger partial charge in [-0.25, -0.2) is 4.98 Å². The fraction of sp³-hybridized carbons (Fsp3) is 0.467. The van der Waals surface area contributed by atoms with E-state index in [0.717, 1.165) is 21.1 Å². The van der Waals surface area contributed by atoms with E-state index in [-0.39, 0.29) is 11.9 Å². The lowest BCUT2D eigenvalue weighted by molar-refractivity contribution is 0.0618. The molecule has 5 rings (SSSR count). The number of hydrogen-bond donors (Lipinski definition) is 1. The van der Waals surface area contributed by atoms with Gasteiger partial charge >= 0.3 is 0 Å². The average molecular weight is 397 g/mol. The van der Waals surface area contributed by atoms with E-state index in [4.69, 9.17) is 4.42 Å². The number of nitrogens with zero attached hydrogens (tertiary/aromatic N) is 2. The summed E-state index contributed by atoms with van der Waals surface area (Å²) in [5.74, 6) is 0.546. The highest BCUT2D eigenvalue weighted by atomic mass is 127. The van der Waals surface area contributed by atoms with Crippen LogP contribution in [-0.4, -0.2) is 41.5 Å². The largest absolute Gasteiger partial charge is 0.462 e. The van der Waals surface area contributed by atoms with E-state index in [2.05, 4.69) is 37.8 Å². The van der Waals surface area contributed by atoms with Crippen molar-refractivity contribution >= 4 is 39.5 Å². The predicted octanol–water partition coefficient (Wildman–Crippen LogP) is 2.26. The fourth-order valence-corrected chi connectivity index (χ4v) is 3.95. The number of amides is 1. The summed E-state index contributed by atoms with van der Waals surface area (Å²) in [6, 6.07) is 2.08. The van der Waals surface area contributed by atoms with Gasteiger partial charge in [-0.1, -0.05) is 0 Å². The lowest BCUT2D eigenvalue weighted by atomic mass is 9.84. The number of piperidine rings is 3. The quantitative estimate of drug-likeness (QED) is 0.791. The Kier molecular flexibility index (Phi) is 3.37. The summed E-state index contributed by atoms with van der Waals surface area (Å²) in [6.45, 7) is 3.32. The molecule has 1 N–H and O–H groups in total. The number of carbonyl (C=O) groups excluding carboxylic acids is 1. The van der Waals surface area contributed by atoms with Gasteiger partial charge in [0.25, 0.3) is 5.91 Å². The zero-order valence-electron chi connectivity index (χ0n) is 11.5. The molecule has 2 bridgehead atoms. The molecule has 110 valence electrons. The molecule has 3 aliphatic rings. The third kappa shape index (κ3) is 2.44. The smallest absolute Gasteiger partial charge is 0.270 e. The van der Waals surface area contributed by atoms with Crippen LogP contribution in [0.1, 0.15) is 23.3 Å². The minimum atomic E-state index is -0.0762. The molecule has 3 fully saturated rings. The predicted molar refractivity (Wildman–Crippen MR) is 87.1 cm³/mol. The van der Waals surface area contributed by atoms with Gasteiger partial charge in [-0.2, -0.15) is 0 Å². The van der Waals surface area contributed by atoms with Crippen molar-refractivity contribution in [3.63, 3.8) is 0 Å². The average Bonchev–Trinajstić information content (AvgIpc) is 2.89. The second-order valence-corrected chi connectivity index (χ2v) is 7.03. The highest BCUT2D eigenvalue weighted by molar-refractivity contribution is 14.1. The van der Waals surface area contributed by atoms with Crippen LogP contribution in [0.25, 0.3) is 11.0 Å². The van der Waals surface area contributed by atoms with Crippen LogP contribution >= 0.6 is 22.6 Å². The van der Waals surface area contributed by atoms with Gasteiger partial charge in [0.1, 0.15) is 12.0 Å². The van der Waals surface area contributed by atoms with Gasteiger partial charge in [0.15, 0.2) is 5.58 Å². The van der Waals surface area contributed by atoms with Crippen LogP contribution in [0.15, 0.2) is 22.9 Å². The summed E-state index contributed by atoms with van der Waals surface area (Å²) in [7, 11) is 0. The Morgan fingerprint density at radius 3 is 2.95 bits per heavy atom. The van der Waals surface area contributed by atoms with Crippen LogP contribution in [-0.2, 0) is 0 Å². The molecule has 0 spiro atoms. The summed E-state index contributed by atoms with van der Waals surface area (Å²) in [6.07, 6.45) is 5.69. The van der Waals surface area contributed by atoms with Crippen molar-refractivity contribution in [1.82, 2.24) is 15.2 Å². The third-order valence-electron chi connectivity index (χ3n) is 4.62. The maximum Gasteiger partial charge on any atom is 0.270 e. The fourth-order valence-electron chi connectivity index (χ4n) is 3.40. The van der Waals surface area contributed by atoms with Crippen molar-refractivity contribution in [3.8, 4) is 0 Å². The summed E-state index contributed by atoms with van der Waals surface area (Å²) < 4.78 is 6.37. The third-order valence-corrected chi connectivity index (χ3v) is 5.45. The molecule has 5 heterocycles. The SMILES string of the molecule is O=C(N[C@H]1CN2CCC1CC2)c1cc2c(I)coc2cn1. The molecule has 2 aromatic heterocycles. The molecule has 0 saturated carbocycles. The van der Waals surface area contributed by atoms with E-state index in [1.54, 1.807) is 12.5 Å². The highest BCUT2D eigenvalue weighted by Crippen LogP contribution is 2.28. The molecule has 0 radical (unpaired) electrons. The summed E-state index contributed by atoms with van der Waals surface area (Å²) in [5, 5.41) is 4.12. The molecular formula is C15H16IN3O2. The number of halogens is 1. The molecule has 1 atom stereocenters. The van der Waals surface area contributed by atoms with E-state index in [0.29, 0.717) is 11.6 Å². The first kappa shape index (κ1) is 13.5. The van der Waals surface area contributed by atoms with E-state index < -0.39 is 0 Å². The summed E-state index contributed by atoms with van der Waals surface area (Å²) >= 11 is 2.20. The first-order valence-corrected chi connectivity index (χ1v) is 8.34. The monoisotopic (exact) mass is 397 g/mol. The molecule has 6 heteroatoms. The van der Waals surface area contributed by atoms with Crippen LogP contribution in [0, 0.1) is 9.49 Å². The molecule has 0 aromatic carbocycles. The van der Waals surface area contributed by atoms with Crippen LogP contribution in [0.5, 0.6) is 0 Å². The number of fused-ring (bicyclic) bond motifs is 4. The van der Waals surface area contributed by atoms with Gasteiger partial charge in [-0.15, -0.1) is 0 Å². The van der Waals surface area contributed by atoms with Gasteiger partial charge in [0.05, 0.1) is 9.77 Å². The second kappa shape index (κ2) is 5.24. The first-order valence-electron chi connectivity index (χ1n) is 7.26. The number of carbonyl (C=O) groups is 1. The summed E-state index contributed by atoms with van der Waals surface area (Å²) in [5.41, 5.74) is 1.19. The van der Waals surface area contributed by atoms with Crippen molar-refractivity contribution in [2.75, 3.05) is 19.6 Å². The topological polar surface area (TPSA) is 58.4 Å². The number of furan rings is 1. The standard InChI is InChI=1S/C15H16IN3O2/c16-11-8-21-14-6-17-12(5-10(11)14)15(20)18-13-7-19-3-1-9(13)2-4-19/h5-6,8-9,13H,1-4,7H2,(H,18,20)/t13-/m0/s1. The van der Waals surface area contributed by atoms with Crippen LogP contribution in [0.3, 0.4) is 0 Å². The number of pyridine rings is 1. The van der Waals surface area contributed by atoms with E-state index in [1.807, 2.05) is 6.07 Å². The lowest BCUT2D eigenvalue weighted by Gasteiger charge is -2.44. The van der Waals surface area contributed by atoms with Crippen molar-refractivity contribution in [2.24, 2.45) is 5.92 Å². The summed E-state index contributed by atoms with van der Waals surface area (Å²) in [4.78, 5) is 19.1. The first-order chi connectivity index (χ1) is 10.2. The van der Waals surface area contributed by atoms with E-state index in [1.165, 1.54) is 25.9 Å². The van der Waals surface area contributed by atoms with Gasteiger partial charge < -0.3 is 14.6 Å². The van der Waals surface area contributed by atoms with E-state index >= 15 is 0 Å². The van der Waals surface area contributed by atoms with Gasteiger partial charge in [0.2, 0.25) is 0 Å². The Morgan fingerprint density at radius 1 is 1.43 bits per heavy atom. The Bertz CT molecular complexity index is 691. The minimum absolute atomic E-state index is 0.0762. The zero-order chi connectivity index (χ0) is 14.4. The molecule has 2 aromatic rings. The van der Waals surface area contributed by atoms with Gasteiger partial charge in [0, 0.05) is 18.0 Å². The maximum atomic E-state index is 12.4. The molecule has 0 aliphatic carbocycles. The van der Waals surface area contributed by atoms with Crippen molar-refractivity contribution < 1.29 is 9.21 Å². The second-order valence-electron chi connectivity index (χ2n) is 5.87. The highest BCUT2D eigenvalue weighted by Gasteiger charge is 2.35. The molecule has 3 saturated heterocycles. The van der Waals surface area contributed by atoms with Gasteiger partial charge in [-0.3, -0.25) is 4.79 Å². The lowest BCUT2D eigenvalue weighted by Crippen LogP contribution is -2.57. The van der Waals surface area contributed by atoms with Crippen LogP contribution in [0.4, 0.5) is 0 Å². The Balaban J connectivity index is 1.54. The Hall–Kier alpha value is -1.15. The normalized spacial score (nSPS) is 28.0. The van der Waals surface area contributed by atoms with Gasteiger partial charge in [-0.05, 0) is 60.5 Å². The molecule has 1 amide bonds. The number of nitrogens with one attached hydrogen (secondary N) is 1. The van der Waals surface area contributed by atoms with Crippen molar-refractivity contribution in [1.29, 1.82) is 0 Å². The number of aromatic nitrogens is 1. The van der Waals surface area contributed by atoms with Crippen LogP contribution in [0.2, 0.25) is 0 Å². The maximum absolute atomic E-state index is 12.4. The number of hydrogen-bond acceptors (Lipinski definition) is 4. The molecule has 3 aliphatic heterocycles. The molecular weight excluding hydrogens is 381 g/mol. The van der Waals surface area contributed by atoms with Crippen LogP contribution < -0.4 is 5.32 Å². The number of rotatable bonds is 2. The zero-order valence-corrected chi connectivity index (χ0v) is 13.7. The Morgan fingerprint density at radius 2 is 2.24 bits per heavy atom. The van der Waals surface area contributed by atoms with Crippen molar-refractivity contribution in [2.45, 2.75) is 18.9 Å². The molecule has 0 unspecified atom stereocenters. The molecule has 21 heavy (non-hydrogen) atoms. The van der Waals surface area contributed by atoms with Crippen molar-refractivity contribution in [3.05, 3.63) is 27.8 Å². The van der Waals surface area contributed by atoms with E-state index in [9.17, 15) is 4.79 Å². The molecule has 5 nitrogen and oxygen atoms in total.